The minimum Gasteiger partial charge on any atom is -0.378 e. The van der Waals surface area contributed by atoms with Gasteiger partial charge in [0.25, 0.3) is 0 Å². The van der Waals surface area contributed by atoms with Gasteiger partial charge in [-0.15, -0.1) is 0 Å². The molecule has 0 unspecified atom stereocenters. The van der Waals surface area contributed by atoms with Gasteiger partial charge in [-0.1, -0.05) is 11.6 Å². The minimum atomic E-state index is -3.39. The van der Waals surface area contributed by atoms with Gasteiger partial charge in [-0.25, -0.2) is 8.42 Å². The quantitative estimate of drug-likeness (QED) is 0.743. The zero-order valence-electron chi connectivity index (χ0n) is 10.1. The van der Waals surface area contributed by atoms with Gasteiger partial charge in [-0.2, -0.15) is 0 Å². The van der Waals surface area contributed by atoms with Gasteiger partial charge < -0.3 is 4.74 Å². The fourth-order valence-corrected chi connectivity index (χ4v) is 3.30. The van der Waals surface area contributed by atoms with Crippen LogP contribution in [0.5, 0.6) is 0 Å². The molecule has 0 heterocycles. The summed E-state index contributed by atoms with van der Waals surface area (Å²) in [6.45, 7) is 3.90. The Bertz CT molecular complexity index is 505. The summed E-state index contributed by atoms with van der Waals surface area (Å²) in [4.78, 5) is 0. The van der Waals surface area contributed by atoms with Crippen molar-refractivity contribution in [1.29, 1.82) is 0 Å². The number of benzene rings is 1. The average molecular weight is 404 g/mol. The highest BCUT2D eigenvalue weighted by molar-refractivity contribution is 14.1. The van der Waals surface area contributed by atoms with E-state index in [0.717, 1.165) is 3.57 Å². The second-order valence-corrected chi connectivity index (χ2v) is 7.41. The molecule has 102 valence electrons. The van der Waals surface area contributed by atoms with Gasteiger partial charge in [0, 0.05) is 8.59 Å². The maximum atomic E-state index is 11.8. The van der Waals surface area contributed by atoms with E-state index >= 15 is 0 Å². The summed E-state index contributed by atoms with van der Waals surface area (Å²) in [6.07, 6.45) is 0.0240. The Morgan fingerprint density at radius 1 is 1.44 bits per heavy atom. The lowest BCUT2D eigenvalue weighted by atomic mass is 10.3. The molecule has 0 aliphatic carbocycles. The third-order valence-corrected chi connectivity index (χ3v) is 4.36. The number of nitrogens with one attached hydrogen (secondary N) is 1. The number of halogens is 2. The van der Waals surface area contributed by atoms with Crippen molar-refractivity contribution in [2.75, 3.05) is 17.1 Å². The fourth-order valence-electron chi connectivity index (χ4n) is 1.18. The molecule has 7 heteroatoms. The molecule has 0 radical (unpaired) electrons. The first-order chi connectivity index (χ1) is 8.30. The smallest absolute Gasteiger partial charge is 0.235 e. The normalized spacial score (nSPS) is 11.8. The van der Waals surface area contributed by atoms with Crippen LogP contribution in [0.4, 0.5) is 5.69 Å². The Morgan fingerprint density at radius 2 is 2.11 bits per heavy atom. The van der Waals surface area contributed by atoms with Crippen molar-refractivity contribution in [2.24, 2.45) is 0 Å². The van der Waals surface area contributed by atoms with E-state index in [-0.39, 0.29) is 18.5 Å². The zero-order valence-corrected chi connectivity index (χ0v) is 13.8. The number of sulfonamides is 1. The van der Waals surface area contributed by atoms with E-state index in [0.29, 0.717) is 10.7 Å². The Kier molecular flexibility index (Phi) is 6.16. The number of hydrogen-bond acceptors (Lipinski definition) is 3. The molecule has 4 nitrogen and oxygen atoms in total. The minimum absolute atomic E-state index is 0.0240. The summed E-state index contributed by atoms with van der Waals surface area (Å²) in [5.74, 6) is -0.0656. The largest absolute Gasteiger partial charge is 0.378 e. The fraction of sp³-hybridized carbons (Fsp3) is 0.455. The van der Waals surface area contributed by atoms with Crippen molar-refractivity contribution in [2.45, 2.75) is 20.0 Å². The van der Waals surface area contributed by atoms with Crippen molar-refractivity contribution < 1.29 is 13.2 Å². The molecule has 0 amide bonds. The van der Waals surface area contributed by atoms with Gasteiger partial charge >= 0.3 is 0 Å². The van der Waals surface area contributed by atoms with Crippen LogP contribution in [-0.2, 0) is 14.8 Å². The molecule has 1 aromatic carbocycles. The Morgan fingerprint density at radius 3 is 2.67 bits per heavy atom. The molecule has 0 bridgehead atoms. The zero-order chi connectivity index (χ0) is 13.8. The lowest BCUT2D eigenvalue weighted by Gasteiger charge is -2.11. The molecule has 0 atom stereocenters. The van der Waals surface area contributed by atoms with E-state index in [1.807, 2.05) is 36.4 Å². The van der Waals surface area contributed by atoms with Crippen molar-refractivity contribution in [3.05, 3.63) is 26.8 Å². The molecule has 0 aromatic heterocycles. The number of hydrogen-bond donors (Lipinski definition) is 1. The molecule has 0 aliphatic rings. The SMILES string of the molecule is CC(C)OCCS(=O)(=O)Nc1ccc(Cl)cc1I. The molecular weight excluding hydrogens is 389 g/mol. The van der Waals surface area contributed by atoms with E-state index in [2.05, 4.69) is 4.72 Å². The maximum absolute atomic E-state index is 11.8. The van der Waals surface area contributed by atoms with E-state index in [1.54, 1.807) is 18.2 Å². The highest BCUT2D eigenvalue weighted by atomic mass is 127. The first-order valence-corrected chi connectivity index (χ1v) is 8.48. The molecule has 0 saturated carbocycles. The molecular formula is C11H15ClINO3S. The summed E-state index contributed by atoms with van der Waals surface area (Å²) in [6, 6.07) is 4.99. The number of anilines is 1. The van der Waals surface area contributed by atoms with E-state index in [9.17, 15) is 8.42 Å². The monoisotopic (exact) mass is 403 g/mol. The van der Waals surface area contributed by atoms with Crippen molar-refractivity contribution in [3.8, 4) is 0 Å². The van der Waals surface area contributed by atoms with Crippen LogP contribution < -0.4 is 4.72 Å². The van der Waals surface area contributed by atoms with Gasteiger partial charge in [0.1, 0.15) is 0 Å². The Balaban J connectivity index is 2.65. The summed E-state index contributed by atoms with van der Waals surface area (Å²) in [5, 5.41) is 0.575. The van der Waals surface area contributed by atoms with Gasteiger partial charge in [-0.05, 0) is 54.6 Å². The van der Waals surface area contributed by atoms with Crippen LogP contribution in [0.15, 0.2) is 18.2 Å². The van der Waals surface area contributed by atoms with Crippen LogP contribution in [0.25, 0.3) is 0 Å². The molecule has 0 spiro atoms. The summed E-state index contributed by atoms with van der Waals surface area (Å²) < 4.78 is 32.1. The van der Waals surface area contributed by atoms with Gasteiger partial charge in [-0.3, -0.25) is 4.72 Å². The van der Waals surface area contributed by atoms with Gasteiger partial charge in [0.2, 0.25) is 10.0 Å². The average Bonchev–Trinajstić information content (AvgIpc) is 2.21. The maximum Gasteiger partial charge on any atom is 0.235 e. The Hall–Kier alpha value is -0.0500. The standard InChI is InChI=1S/C11H15ClINO3S/c1-8(2)17-5-6-18(15,16)14-11-4-3-9(12)7-10(11)13/h3-4,7-8,14H,5-6H2,1-2H3. The van der Waals surface area contributed by atoms with Crippen LogP contribution in [0, 0.1) is 3.57 Å². The lowest BCUT2D eigenvalue weighted by Crippen LogP contribution is -2.22. The number of ether oxygens (including phenoxy) is 1. The molecule has 0 saturated heterocycles. The van der Waals surface area contributed by atoms with Crippen molar-refractivity contribution in [3.63, 3.8) is 0 Å². The van der Waals surface area contributed by atoms with Crippen LogP contribution in [0.3, 0.4) is 0 Å². The topological polar surface area (TPSA) is 55.4 Å². The molecule has 0 fully saturated rings. The molecule has 18 heavy (non-hydrogen) atoms. The lowest BCUT2D eigenvalue weighted by molar-refractivity contribution is 0.0913. The number of rotatable bonds is 6. The third-order valence-electron chi connectivity index (χ3n) is 2.00. The van der Waals surface area contributed by atoms with Crippen LogP contribution in [-0.4, -0.2) is 26.9 Å². The highest BCUT2D eigenvalue weighted by Gasteiger charge is 2.12. The third kappa shape index (κ3) is 5.73. The van der Waals surface area contributed by atoms with Crippen molar-refractivity contribution >= 4 is 49.9 Å². The predicted molar refractivity (Wildman–Crippen MR) is 82.7 cm³/mol. The summed E-state index contributed by atoms with van der Waals surface area (Å²) in [7, 11) is -3.39. The van der Waals surface area contributed by atoms with Crippen LogP contribution in [0.2, 0.25) is 5.02 Å². The highest BCUT2D eigenvalue weighted by Crippen LogP contribution is 2.23. The summed E-state index contributed by atoms with van der Waals surface area (Å²) >= 11 is 7.84. The second-order valence-electron chi connectivity index (χ2n) is 3.96. The van der Waals surface area contributed by atoms with Crippen LogP contribution in [0.1, 0.15) is 13.8 Å². The summed E-state index contributed by atoms with van der Waals surface area (Å²) in [5.41, 5.74) is 0.532. The van der Waals surface area contributed by atoms with Crippen molar-refractivity contribution in [1.82, 2.24) is 0 Å². The van der Waals surface area contributed by atoms with Gasteiger partial charge in [0.15, 0.2) is 0 Å². The van der Waals surface area contributed by atoms with Gasteiger partial charge in [0.05, 0.1) is 24.2 Å². The molecule has 1 aromatic rings. The van der Waals surface area contributed by atoms with E-state index in [1.165, 1.54) is 0 Å². The second kappa shape index (κ2) is 6.93. The van der Waals surface area contributed by atoms with E-state index in [4.69, 9.17) is 16.3 Å². The Labute approximate surface area is 126 Å². The van der Waals surface area contributed by atoms with E-state index < -0.39 is 10.0 Å². The van der Waals surface area contributed by atoms with Crippen LogP contribution >= 0.6 is 34.2 Å². The molecule has 0 aliphatic heterocycles. The predicted octanol–water partition coefficient (Wildman–Crippen LogP) is 3.11. The first-order valence-electron chi connectivity index (χ1n) is 5.37. The molecule has 1 rings (SSSR count). The first kappa shape index (κ1) is 16.0. The molecule has 1 N–H and O–H groups in total.